The van der Waals surface area contributed by atoms with Crippen LogP contribution in [0.25, 0.3) is 10.9 Å². The Morgan fingerprint density at radius 3 is 2.57 bits per heavy atom. The molecule has 0 radical (unpaired) electrons. The molecule has 1 saturated carbocycles. The summed E-state index contributed by atoms with van der Waals surface area (Å²) in [6, 6.07) is 15.8. The lowest BCUT2D eigenvalue weighted by molar-refractivity contribution is 0.443. The number of fused-ring (bicyclic) bond motifs is 1. The summed E-state index contributed by atoms with van der Waals surface area (Å²) in [7, 11) is 0. The third-order valence-corrected chi connectivity index (χ3v) is 6.62. The first-order valence-corrected chi connectivity index (χ1v) is 12.6. The first-order valence-electron chi connectivity index (χ1n) is 12.2. The van der Waals surface area contributed by atoms with Crippen molar-refractivity contribution in [2.75, 3.05) is 17.2 Å². The van der Waals surface area contributed by atoms with Crippen LogP contribution in [0.2, 0.25) is 5.02 Å². The lowest BCUT2D eigenvalue weighted by Crippen LogP contribution is -2.20. The van der Waals surface area contributed by atoms with Crippen LogP contribution in [-0.2, 0) is 0 Å². The smallest absolute Gasteiger partial charge is 0.110 e. The molecular weight excluding hydrogens is 484 g/mol. The summed E-state index contributed by atoms with van der Waals surface area (Å²) in [6.45, 7) is 7.00. The molecule has 9 heteroatoms. The van der Waals surface area contributed by atoms with Gasteiger partial charge in [-0.15, -0.1) is 5.10 Å². The molecule has 0 spiro atoms. The van der Waals surface area contributed by atoms with Crippen molar-refractivity contribution in [2.24, 2.45) is 5.41 Å². The highest BCUT2D eigenvalue weighted by Gasteiger charge is 2.28. The van der Waals surface area contributed by atoms with Gasteiger partial charge in [-0.25, -0.2) is 4.68 Å². The third-order valence-electron chi connectivity index (χ3n) is 6.28. The Balaban J connectivity index is 1.62. The summed E-state index contributed by atoms with van der Waals surface area (Å²) in [5.74, 6) is 0. The molecule has 1 atom stereocenters. The van der Waals surface area contributed by atoms with Crippen molar-refractivity contribution < 1.29 is 0 Å². The number of aromatic nitrogens is 4. The van der Waals surface area contributed by atoms with Crippen molar-refractivity contribution >= 4 is 33.9 Å². The second kappa shape index (κ2) is 9.72. The Hall–Kier alpha value is -4.14. The number of anilines is 2. The van der Waals surface area contributed by atoms with E-state index in [0.717, 1.165) is 24.1 Å². The molecular formula is C28H27ClN8. The van der Waals surface area contributed by atoms with E-state index in [1.54, 1.807) is 6.07 Å². The molecule has 2 heterocycles. The monoisotopic (exact) mass is 510 g/mol. The zero-order valence-corrected chi connectivity index (χ0v) is 21.7. The van der Waals surface area contributed by atoms with Crippen LogP contribution in [0.1, 0.15) is 68.1 Å². The van der Waals surface area contributed by atoms with Gasteiger partial charge in [0.05, 0.1) is 40.6 Å². The number of benzene rings is 2. The normalized spacial score (nSPS) is 14.1. The molecule has 5 rings (SSSR count). The van der Waals surface area contributed by atoms with Crippen molar-refractivity contribution in [3.8, 4) is 12.1 Å². The molecule has 2 aromatic heterocycles. The summed E-state index contributed by atoms with van der Waals surface area (Å²) in [5, 5.41) is 36.8. The van der Waals surface area contributed by atoms with Crippen LogP contribution < -0.4 is 10.6 Å². The van der Waals surface area contributed by atoms with Gasteiger partial charge in [-0.1, -0.05) is 55.8 Å². The Bertz CT molecular complexity index is 1550. The van der Waals surface area contributed by atoms with E-state index < -0.39 is 6.04 Å². The topological polar surface area (TPSA) is 115 Å². The maximum Gasteiger partial charge on any atom is 0.110 e. The van der Waals surface area contributed by atoms with Crippen molar-refractivity contribution in [1.82, 2.24) is 20.0 Å². The van der Waals surface area contributed by atoms with Gasteiger partial charge in [0.1, 0.15) is 17.8 Å². The number of halogens is 1. The van der Waals surface area contributed by atoms with Crippen molar-refractivity contribution in [3.63, 3.8) is 0 Å². The number of nitrogens with one attached hydrogen (secondary N) is 2. The van der Waals surface area contributed by atoms with Gasteiger partial charge >= 0.3 is 0 Å². The molecule has 2 N–H and O–H groups in total. The molecule has 186 valence electrons. The van der Waals surface area contributed by atoms with Crippen LogP contribution in [0.5, 0.6) is 0 Å². The quantitative estimate of drug-likeness (QED) is 0.303. The van der Waals surface area contributed by atoms with Gasteiger partial charge in [0.25, 0.3) is 0 Å². The van der Waals surface area contributed by atoms with Gasteiger partial charge in [-0.2, -0.15) is 10.5 Å². The second-order valence-corrected chi connectivity index (χ2v) is 11.0. The number of rotatable bonds is 7. The van der Waals surface area contributed by atoms with Gasteiger partial charge in [0.15, 0.2) is 0 Å². The van der Waals surface area contributed by atoms with Crippen LogP contribution in [0, 0.1) is 28.1 Å². The Labute approximate surface area is 220 Å². The van der Waals surface area contributed by atoms with E-state index in [4.69, 9.17) is 11.6 Å². The van der Waals surface area contributed by atoms with Crippen LogP contribution in [0.15, 0.2) is 48.8 Å². The van der Waals surface area contributed by atoms with E-state index in [2.05, 4.69) is 58.8 Å². The van der Waals surface area contributed by atoms with Crippen molar-refractivity contribution in [2.45, 2.75) is 45.7 Å². The zero-order valence-electron chi connectivity index (χ0n) is 21.0. The van der Waals surface area contributed by atoms with E-state index in [1.165, 1.54) is 6.20 Å². The largest absolute Gasteiger partial charge is 0.383 e. The minimum Gasteiger partial charge on any atom is -0.383 e. The van der Waals surface area contributed by atoms with Crippen LogP contribution in [0.4, 0.5) is 11.4 Å². The summed E-state index contributed by atoms with van der Waals surface area (Å²) in [4.78, 5) is 4.45. The summed E-state index contributed by atoms with van der Waals surface area (Å²) in [5.41, 5.74) is 4.28. The summed E-state index contributed by atoms with van der Waals surface area (Å²) < 4.78 is 1.90. The number of nitrogens with zero attached hydrogens (tertiary/aromatic N) is 6. The van der Waals surface area contributed by atoms with Crippen molar-refractivity contribution in [3.05, 3.63) is 76.2 Å². The predicted octanol–water partition coefficient (Wildman–Crippen LogP) is 6.22. The molecule has 2 aromatic carbocycles. The average molecular weight is 511 g/mol. The van der Waals surface area contributed by atoms with E-state index in [-0.39, 0.29) is 5.41 Å². The Kier molecular flexibility index (Phi) is 6.45. The fourth-order valence-corrected chi connectivity index (χ4v) is 4.47. The van der Waals surface area contributed by atoms with Crippen LogP contribution >= 0.6 is 11.6 Å². The van der Waals surface area contributed by atoms with Crippen LogP contribution in [0.3, 0.4) is 0 Å². The highest BCUT2D eigenvalue weighted by atomic mass is 35.5. The van der Waals surface area contributed by atoms with Gasteiger partial charge in [-0.3, -0.25) is 4.98 Å². The summed E-state index contributed by atoms with van der Waals surface area (Å²) >= 11 is 6.62. The molecule has 1 aliphatic carbocycles. The fourth-order valence-electron chi connectivity index (χ4n) is 4.23. The molecule has 0 aliphatic heterocycles. The lowest BCUT2D eigenvalue weighted by Gasteiger charge is -2.22. The highest BCUT2D eigenvalue weighted by Crippen LogP contribution is 2.37. The molecule has 1 unspecified atom stereocenters. The minimum absolute atomic E-state index is 0.0151. The highest BCUT2D eigenvalue weighted by molar-refractivity contribution is 6.31. The molecule has 37 heavy (non-hydrogen) atoms. The molecule has 8 nitrogen and oxygen atoms in total. The van der Waals surface area contributed by atoms with Gasteiger partial charge < -0.3 is 10.6 Å². The number of pyridine rings is 1. The van der Waals surface area contributed by atoms with E-state index in [1.807, 2.05) is 41.2 Å². The second-order valence-electron chi connectivity index (χ2n) is 10.6. The molecule has 0 saturated heterocycles. The molecule has 1 aliphatic rings. The number of nitriles is 2. The number of hydrogen-bond donors (Lipinski definition) is 2. The zero-order chi connectivity index (χ0) is 26.2. The van der Waals surface area contributed by atoms with Crippen LogP contribution in [-0.4, -0.2) is 26.5 Å². The lowest BCUT2D eigenvalue weighted by atomic mass is 9.96. The minimum atomic E-state index is -0.400. The molecule has 0 bridgehead atoms. The van der Waals surface area contributed by atoms with E-state index in [9.17, 15) is 10.5 Å². The Morgan fingerprint density at radius 1 is 1.14 bits per heavy atom. The fraction of sp³-hybridized carbons (Fsp3) is 0.321. The average Bonchev–Trinajstić information content (AvgIpc) is 3.61. The van der Waals surface area contributed by atoms with Gasteiger partial charge in [0.2, 0.25) is 0 Å². The third kappa shape index (κ3) is 5.21. The van der Waals surface area contributed by atoms with Gasteiger partial charge in [0, 0.05) is 28.8 Å². The van der Waals surface area contributed by atoms with E-state index in [0.29, 0.717) is 51.0 Å². The number of hydrogen-bond acceptors (Lipinski definition) is 7. The molecule has 4 aromatic rings. The van der Waals surface area contributed by atoms with E-state index >= 15 is 0 Å². The van der Waals surface area contributed by atoms with Gasteiger partial charge in [-0.05, 0) is 42.0 Å². The maximum absolute atomic E-state index is 9.97. The maximum atomic E-state index is 9.97. The Morgan fingerprint density at radius 2 is 1.89 bits per heavy atom. The first kappa shape index (κ1) is 24.5. The first-order chi connectivity index (χ1) is 17.8. The SMILES string of the molecule is CC(C)(C)CNc1c(C#N)cnc2c(C#N)cc(NC(c3cn(C4CC4)nn3)c3ccccc3Cl)cc12. The molecule has 0 amide bonds. The molecule has 1 fully saturated rings. The predicted molar refractivity (Wildman–Crippen MR) is 144 cm³/mol. The summed E-state index contributed by atoms with van der Waals surface area (Å²) in [6.07, 6.45) is 5.67. The standard InChI is InChI=1S/C28H27ClN8/c1-28(2,3)16-33-26-18(13-31)14-32-25-17(12-30)10-19(11-22(25)26)34-27(21-6-4-5-7-23(21)29)24-15-37(36-35-24)20-8-9-20/h4-7,10-11,14-15,20,27,34H,8-9,16H2,1-3H3,(H,32,33). The van der Waals surface area contributed by atoms with Crippen molar-refractivity contribution in [1.29, 1.82) is 10.5 Å².